The number of anilines is 1. The van der Waals surface area contributed by atoms with Crippen LogP contribution < -0.4 is 4.90 Å². The van der Waals surface area contributed by atoms with Gasteiger partial charge in [0.15, 0.2) is 0 Å². The monoisotopic (exact) mass is 403 g/mol. The van der Waals surface area contributed by atoms with Crippen molar-refractivity contribution in [2.45, 2.75) is 27.3 Å². The number of ether oxygens (including phenoxy) is 1. The third kappa shape index (κ3) is 5.17. The molecule has 30 heavy (non-hydrogen) atoms. The van der Waals surface area contributed by atoms with E-state index in [9.17, 15) is 4.79 Å². The van der Waals surface area contributed by atoms with E-state index in [1.54, 1.807) is 6.20 Å². The maximum absolute atomic E-state index is 12.8. The number of carbonyl (C=O) groups excluding carboxylic acids is 1. The highest BCUT2D eigenvalue weighted by atomic mass is 16.5. The summed E-state index contributed by atoms with van der Waals surface area (Å²) in [7, 11) is 0. The van der Waals surface area contributed by atoms with Crippen molar-refractivity contribution in [3.63, 3.8) is 0 Å². The number of rotatable bonds is 9. The number of aromatic nitrogens is 2. The fourth-order valence-electron chi connectivity index (χ4n) is 3.42. The van der Waals surface area contributed by atoms with Crippen molar-refractivity contribution in [1.29, 1.82) is 0 Å². The van der Waals surface area contributed by atoms with Gasteiger partial charge in [-0.25, -0.2) is 9.78 Å². The lowest BCUT2D eigenvalue weighted by Gasteiger charge is -2.21. The minimum absolute atomic E-state index is 0.316. The normalized spacial score (nSPS) is 11.4. The fraction of sp³-hybridized carbons (Fsp3) is 0.280. The maximum atomic E-state index is 12.8. The Hall–Kier alpha value is -3.34. The zero-order chi connectivity index (χ0) is 21.3. The summed E-state index contributed by atoms with van der Waals surface area (Å²) in [5.41, 5.74) is 3.69. The summed E-state index contributed by atoms with van der Waals surface area (Å²) in [5, 5.41) is 0. The van der Waals surface area contributed by atoms with Gasteiger partial charge in [0.2, 0.25) is 0 Å². The Balaban J connectivity index is 1.95. The van der Waals surface area contributed by atoms with Gasteiger partial charge in [-0.05, 0) is 50.1 Å². The van der Waals surface area contributed by atoms with Crippen molar-refractivity contribution >= 4 is 23.3 Å². The zero-order valence-electron chi connectivity index (χ0n) is 17.9. The van der Waals surface area contributed by atoms with Crippen LogP contribution in [0, 0.1) is 0 Å². The van der Waals surface area contributed by atoms with E-state index in [4.69, 9.17) is 4.74 Å². The molecule has 156 valence electrons. The largest absolute Gasteiger partial charge is 0.462 e. The summed E-state index contributed by atoms with van der Waals surface area (Å²) in [5.74, 6) is 0.232. The first-order valence-corrected chi connectivity index (χ1v) is 10.5. The number of hydrogen-bond donors (Lipinski definition) is 0. The molecule has 0 spiro atoms. The van der Waals surface area contributed by atoms with Crippen LogP contribution in [0.5, 0.6) is 0 Å². The highest BCUT2D eigenvalue weighted by Gasteiger charge is 2.19. The molecule has 0 N–H and O–H groups in total. The summed E-state index contributed by atoms with van der Waals surface area (Å²) < 4.78 is 7.31. The standard InChI is InChI=1S/C25H29N3O2/c1-4-27(5-2)22-14-12-20(13-15-22)18-23(25(29)30-6-3)24-26-16-17-28(24)19-21-10-8-7-9-11-21/h7-18H,4-6,19H2,1-3H3/b23-18+. The molecule has 3 aromatic rings. The van der Waals surface area contributed by atoms with Gasteiger partial charge in [0.1, 0.15) is 11.4 Å². The van der Waals surface area contributed by atoms with Crippen molar-refractivity contribution in [2.24, 2.45) is 0 Å². The van der Waals surface area contributed by atoms with Crippen molar-refractivity contribution < 1.29 is 9.53 Å². The quantitative estimate of drug-likeness (QED) is 0.377. The lowest BCUT2D eigenvalue weighted by atomic mass is 10.1. The van der Waals surface area contributed by atoms with E-state index >= 15 is 0 Å². The average molecular weight is 404 g/mol. The van der Waals surface area contributed by atoms with Gasteiger partial charge in [-0.3, -0.25) is 0 Å². The van der Waals surface area contributed by atoms with Gasteiger partial charge in [-0.15, -0.1) is 0 Å². The summed E-state index contributed by atoms with van der Waals surface area (Å²) in [4.78, 5) is 19.5. The molecule has 0 aliphatic rings. The molecule has 0 atom stereocenters. The van der Waals surface area contributed by atoms with Gasteiger partial charge in [0.25, 0.3) is 0 Å². The van der Waals surface area contributed by atoms with Crippen LogP contribution in [0.4, 0.5) is 5.69 Å². The molecular weight excluding hydrogens is 374 g/mol. The Labute approximate surface area is 178 Å². The summed E-state index contributed by atoms with van der Waals surface area (Å²) >= 11 is 0. The SMILES string of the molecule is CCOC(=O)/C(=C/c1ccc(N(CC)CC)cc1)c1nccn1Cc1ccccc1. The Morgan fingerprint density at radius 3 is 2.37 bits per heavy atom. The van der Waals surface area contributed by atoms with Gasteiger partial charge in [0, 0.05) is 37.7 Å². The summed E-state index contributed by atoms with van der Waals surface area (Å²) in [6, 6.07) is 18.3. The molecule has 1 heterocycles. The van der Waals surface area contributed by atoms with E-state index in [2.05, 4.69) is 48.0 Å². The van der Waals surface area contributed by atoms with Crippen molar-refractivity contribution in [3.8, 4) is 0 Å². The smallest absolute Gasteiger partial charge is 0.341 e. The Bertz CT molecular complexity index is 971. The van der Waals surface area contributed by atoms with Crippen LogP contribution in [-0.2, 0) is 16.1 Å². The first kappa shape index (κ1) is 21.4. The first-order chi connectivity index (χ1) is 14.7. The molecule has 0 aliphatic carbocycles. The minimum atomic E-state index is -0.370. The second-order valence-electron chi connectivity index (χ2n) is 6.91. The van der Waals surface area contributed by atoms with E-state index < -0.39 is 0 Å². The third-order valence-electron chi connectivity index (χ3n) is 4.98. The predicted octanol–water partition coefficient (Wildman–Crippen LogP) is 4.88. The molecule has 0 amide bonds. The average Bonchev–Trinajstić information content (AvgIpc) is 3.22. The second-order valence-corrected chi connectivity index (χ2v) is 6.91. The predicted molar refractivity (Wildman–Crippen MR) is 122 cm³/mol. The highest BCUT2D eigenvalue weighted by Crippen LogP contribution is 2.22. The molecule has 0 saturated heterocycles. The van der Waals surface area contributed by atoms with Crippen molar-refractivity contribution in [2.75, 3.05) is 24.6 Å². The Morgan fingerprint density at radius 1 is 1.03 bits per heavy atom. The van der Waals surface area contributed by atoms with Gasteiger partial charge in [-0.2, -0.15) is 0 Å². The van der Waals surface area contributed by atoms with E-state index in [0.717, 1.165) is 24.2 Å². The van der Waals surface area contributed by atoms with Crippen molar-refractivity contribution in [3.05, 3.63) is 83.9 Å². The second kappa shape index (κ2) is 10.4. The third-order valence-corrected chi connectivity index (χ3v) is 4.98. The molecule has 0 unspecified atom stereocenters. The van der Waals surface area contributed by atoms with E-state index in [1.165, 1.54) is 5.69 Å². The topological polar surface area (TPSA) is 47.4 Å². The summed E-state index contributed by atoms with van der Waals surface area (Å²) in [6.07, 6.45) is 5.46. The fourth-order valence-corrected chi connectivity index (χ4v) is 3.42. The van der Waals surface area contributed by atoms with Crippen LogP contribution in [0.3, 0.4) is 0 Å². The van der Waals surface area contributed by atoms with Gasteiger partial charge in [-0.1, -0.05) is 42.5 Å². The van der Waals surface area contributed by atoms with Crippen LogP contribution in [0.1, 0.15) is 37.7 Å². The van der Waals surface area contributed by atoms with Crippen LogP contribution in [0.25, 0.3) is 11.6 Å². The van der Waals surface area contributed by atoms with Crippen molar-refractivity contribution in [1.82, 2.24) is 9.55 Å². The van der Waals surface area contributed by atoms with Crippen LogP contribution in [-0.4, -0.2) is 35.2 Å². The molecule has 0 aliphatic heterocycles. The van der Waals surface area contributed by atoms with Gasteiger partial charge < -0.3 is 14.2 Å². The molecule has 0 radical (unpaired) electrons. The number of carbonyl (C=O) groups is 1. The number of nitrogens with zero attached hydrogens (tertiary/aromatic N) is 3. The minimum Gasteiger partial charge on any atom is -0.462 e. The van der Waals surface area contributed by atoms with Gasteiger partial charge in [0.05, 0.1) is 6.61 Å². The van der Waals surface area contributed by atoms with E-state index in [0.29, 0.717) is 24.5 Å². The molecule has 0 bridgehead atoms. The Morgan fingerprint density at radius 2 is 1.73 bits per heavy atom. The molecule has 5 nitrogen and oxygen atoms in total. The molecule has 3 rings (SSSR count). The number of benzene rings is 2. The zero-order valence-corrected chi connectivity index (χ0v) is 17.9. The molecule has 0 saturated carbocycles. The Kier molecular flexibility index (Phi) is 7.44. The van der Waals surface area contributed by atoms with E-state index in [1.807, 2.05) is 54.1 Å². The first-order valence-electron chi connectivity index (χ1n) is 10.5. The van der Waals surface area contributed by atoms with Crippen LogP contribution in [0.2, 0.25) is 0 Å². The molecule has 2 aromatic carbocycles. The molecule has 1 aromatic heterocycles. The maximum Gasteiger partial charge on any atom is 0.341 e. The van der Waals surface area contributed by atoms with Crippen LogP contribution >= 0.6 is 0 Å². The molecule has 0 fully saturated rings. The molecular formula is C25H29N3O2. The number of hydrogen-bond acceptors (Lipinski definition) is 4. The number of imidazole rings is 1. The molecule has 5 heteroatoms. The van der Waals surface area contributed by atoms with E-state index in [-0.39, 0.29) is 5.97 Å². The summed E-state index contributed by atoms with van der Waals surface area (Å²) in [6.45, 7) is 8.95. The number of esters is 1. The van der Waals surface area contributed by atoms with Crippen LogP contribution in [0.15, 0.2) is 67.0 Å². The van der Waals surface area contributed by atoms with Gasteiger partial charge >= 0.3 is 5.97 Å². The lowest BCUT2D eigenvalue weighted by Crippen LogP contribution is -2.21. The highest BCUT2D eigenvalue weighted by molar-refractivity contribution is 6.20. The lowest BCUT2D eigenvalue weighted by molar-refractivity contribution is -0.136.